The molecule has 232 valence electrons. The van der Waals surface area contributed by atoms with Crippen LogP contribution in [0.1, 0.15) is 0 Å². The fraction of sp³-hybridized carbons (Fsp3) is 0. The highest BCUT2D eigenvalue weighted by atomic mass is 15.1. The zero-order valence-electron chi connectivity index (χ0n) is 27.2. The third kappa shape index (κ3) is 6.43. The molecule has 0 bridgehead atoms. The average Bonchev–Trinajstić information content (AvgIpc) is 3.20. The van der Waals surface area contributed by atoms with Crippen LogP contribution < -0.4 is 4.90 Å². The first kappa shape index (κ1) is 29.9. The van der Waals surface area contributed by atoms with Gasteiger partial charge in [-0.2, -0.15) is 0 Å². The van der Waals surface area contributed by atoms with E-state index in [1.165, 1.54) is 55.6 Å². The van der Waals surface area contributed by atoms with Crippen molar-refractivity contribution in [1.82, 2.24) is 0 Å². The molecule has 0 heterocycles. The molecule has 0 aliphatic carbocycles. The molecular formula is C48H35N. The molecule has 0 unspecified atom stereocenters. The van der Waals surface area contributed by atoms with Crippen LogP contribution in [0.25, 0.3) is 55.6 Å². The molecule has 0 fully saturated rings. The average molecular weight is 626 g/mol. The van der Waals surface area contributed by atoms with E-state index < -0.39 is 0 Å². The van der Waals surface area contributed by atoms with Gasteiger partial charge >= 0.3 is 0 Å². The van der Waals surface area contributed by atoms with Crippen molar-refractivity contribution in [2.24, 2.45) is 0 Å². The standard InChI is InChI=1S/C48H35N/c1-5-13-36(14-6-1)39-21-23-42(24-22-39)44-29-34-48(47(35-44)43-19-11-4-12-20-43)49(45-30-25-40(26-31-45)37-15-7-2-8-16-37)46-32-27-41(28-33-46)38-17-9-3-10-18-38/h1-35H. The first-order valence-electron chi connectivity index (χ1n) is 16.8. The van der Waals surface area contributed by atoms with Gasteiger partial charge in [-0.3, -0.25) is 0 Å². The number of rotatable bonds is 8. The Labute approximate surface area is 289 Å². The van der Waals surface area contributed by atoms with E-state index in [-0.39, 0.29) is 0 Å². The van der Waals surface area contributed by atoms with E-state index in [1.807, 2.05) is 0 Å². The van der Waals surface area contributed by atoms with Gasteiger partial charge in [0, 0.05) is 16.9 Å². The minimum atomic E-state index is 1.10. The summed E-state index contributed by atoms with van der Waals surface area (Å²) in [4.78, 5) is 2.38. The van der Waals surface area contributed by atoms with Gasteiger partial charge in [-0.05, 0) is 86.5 Å². The number of benzene rings is 8. The molecule has 8 aromatic rings. The SMILES string of the molecule is c1ccc(-c2ccc(-c3ccc(N(c4ccc(-c5ccccc5)cc4)c4ccc(-c5ccccc5)cc4)c(-c4ccccc4)c3)cc2)cc1. The van der Waals surface area contributed by atoms with Crippen molar-refractivity contribution in [2.75, 3.05) is 4.90 Å². The maximum atomic E-state index is 2.38. The second-order valence-electron chi connectivity index (χ2n) is 12.2. The smallest absolute Gasteiger partial charge is 0.0540 e. The Morgan fingerprint density at radius 3 is 0.898 bits per heavy atom. The minimum Gasteiger partial charge on any atom is -0.310 e. The van der Waals surface area contributed by atoms with Crippen molar-refractivity contribution in [3.8, 4) is 55.6 Å². The van der Waals surface area contributed by atoms with Crippen molar-refractivity contribution in [1.29, 1.82) is 0 Å². The van der Waals surface area contributed by atoms with Crippen LogP contribution in [0.5, 0.6) is 0 Å². The van der Waals surface area contributed by atoms with Crippen molar-refractivity contribution in [3.63, 3.8) is 0 Å². The first-order valence-corrected chi connectivity index (χ1v) is 16.8. The van der Waals surface area contributed by atoms with E-state index in [2.05, 4.69) is 217 Å². The zero-order valence-corrected chi connectivity index (χ0v) is 27.2. The Morgan fingerprint density at radius 1 is 0.224 bits per heavy atom. The molecule has 0 amide bonds. The molecule has 0 saturated carbocycles. The summed E-state index contributed by atoms with van der Waals surface area (Å²) in [6, 6.07) is 76.0. The minimum absolute atomic E-state index is 1.10. The summed E-state index contributed by atoms with van der Waals surface area (Å²) in [5.41, 5.74) is 15.3. The fourth-order valence-electron chi connectivity index (χ4n) is 6.54. The predicted octanol–water partition coefficient (Wildman–Crippen LogP) is 13.5. The van der Waals surface area contributed by atoms with Crippen molar-refractivity contribution >= 4 is 17.1 Å². The van der Waals surface area contributed by atoms with Crippen LogP contribution in [0, 0.1) is 0 Å². The molecule has 1 heteroatoms. The highest BCUT2D eigenvalue weighted by molar-refractivity contribution is 5.91. The van der Waals surface area contributed by atoms with Crippen LogP contribution in [0.15, 0.2) is 212 Å². The van der Waals surface area contributed by atoms with E-state index in [0.29, 0.717) is 0 Å². The zero-order chi connectivity index (χ0) is 32.8. The lowest BCUT2D eigenvalue weighted by Crippen LogP contribution is -2.11. The summed E-state index contributed by atoms with van der Waals surface area (Å²) in [6.07, 6.45) is 0. The number of nitrogens with zero attached hydrogens (tertiary/aromatic N) is 1. The molecule has 8 rings (SSSR count). The summed E-state index contributed by atoms with van der Waals surface area (Å²) in [7, 11) is 0. The normalized spacial score (nSPS) is 10.9. The van der Waals surface area contributed by atoms with Crippen LogP contribution in [0.3, 0.4) is 0 Å². The Bertz CT molecular complexity index is 2180. The van der Waals surface area contributed by atoms with E-state index in [4.69, 9.17) is 0 Å². The van der Waals surface area contributed by atoms with Crippen LogP contribution in [-0.4, -0.2) is 0 Å². The lowest BCUT2D eigenvalue weighted by molar-refractivity contribution is 1.28. The summed E-state index contributed by atoms with van der Waals surface area (Å²) < 4.78 is 0. The van der Waals surface area contributed by atoms with Gasteiger partial charge in [0.05, 0.1) is 5.69 Å². The maximum Gasteiger partial charge on any atom is 0.0540 e. The molecule has 0 saturated heterocycles. The van der Waals surface area contributed by atoms with Crippen LogP contribution >= 0.6 is 0 Å². The molecule has 1 nitrogen and oxygen atoms in total. The van der Waals surface area contributed by atoms with Gasteiger partial charge in [-0.25, -0.2) is 0 Å². The third-order valence-electron chi connectivity index (χ3n) is 9.11. The highest BCUT2D eigenvalue weighted by Gasteiger charge is 2.19. The van der Waals surface area contributed by atoms with E-state index in [1.54, 1.807) is 0 Å². The van der Waals surface area contributed by atoms with Crippen LogP contribution in [-0.2, 0) is 0 Å². The molecule has 8 aromatic carbocycles. The fourth-order valence-corrected chi connectivity index (χ4v) is 6.54. The number of anilines is 3. The van der Waals surface area contributed by atoms with Gasteiger partial charge in [0.1, 0.15) is 0 Å². The summed E-state index contributed by atoms with van der Waals surface area (Å²) in [6.45, 7) is 0. The van der Waals surface area contributed by atoms with Gasteiger partial charge in [-0.1, -0.05) is 176 Å². The van der Waals surface area contributed by atoms with Gasteiger partial charge < -0.3 is 4.90 Å². The van der Waals surface area contributed by atoms with Crippen molar-refractivity contribution < 1.29 is 0 Å². The van der Waals surface area contributed by atoms with Crippen molar-refractivity contribution in [3.05, 3.63) is 212 Å². The molecule has 0 radical (unpaired) electrons. The van der Waals surface area contributed by atoms with Gasteiger partial charge in [-0.15, -0.1) is 0 Å². The Balaban J connectivity index is 1.25. The first-order chi connectivity index (χ1) is 24.3. The van der Waals surface area contributed by atoms with Gasteiger partial charge in [0.15, 0.2) is 0 Å². The highest BCUT2D eigenvalue weighted by Crippen LogP contribution is 2.43. The Hall–Kier alpha value is -6.44. The topological polar surface area (TPSA) is 3.24 Å². The Morgan fingerprint density at radius 2 is 0.510 bits per heavy atom. The number of hydrogen-bond donors (Lipinski definition) is 0. The lowest BCUT2D eigenvalue weighted by Gasteiger charge is -2.29. The largest absolute Gasteiger partial charge is 0.310 e. The monoisotopic (exact) mass is 625 g/mol. The molecule has 0 atom stereocenters. The van der Waals surface area contributed by atoms with E-state index >= 15 is 0 Å². The lowest BCUT2D eigenvalue weighted by atomic mass is 9.95. The quantitative estimate of drug-likeness (QED) is 0.162. The molecule has 0 aliphatic heterocycles. The van der Waals surface area contributed by atoms with Crippen LogP contribution in [0.4, 0.5) is 17.1 Å². The molecule has 0 spiro atoms. The predicted molar refractivity (Wildman–Crippen MR) is 208 cm³/mol. The maximum absolute atomic E-state index is 2.38. The summed E-state index contributed by atoms with van der Waals surface area (Å²) in [5.74, 6) is 0. The third-order valence-corrected chi connectivity index (χ3v) is 9.11. The second kappa shape index (κ2) is 13.7. The molecule has 0 N–H and O–H groups in total. The van der Waals surface area contributed by atoms with Crippen LogP contribution in [0.2, 0.25) is 0 Å². The van der Waals surface area contributed by atoms with Gasteiger partial charge in [0.2, 0.25) is 0 Å². The van der Waals surface area contributed by atoms with E-state index in [9.17, 15) is 0 Å². The second-order valence-corrected chi connectivity index (χ2v) is 12.2. The molecule has 0 aliphatic rings. The summed E-state index contributed by atoms with van der Waals surface area (Å²) >= 11 is 0. The molecule has 0 aromatic heterocycles. The van der Waals surface area contributed by atoms with Crippen molar-refractivity contribution in [2.45, 2.75) is 0 Å². The summed E-state index contributed by atoms with van der Waals surface area (Å²) in [5, 5.41) is 0. The number of hydrogen-bond acceptors (Lipinski definition) is 1. The van der Waals surface area contributed by atoms with E-state index in [0.717, 1.165) is 17.1 Å². The molecule has 49 heavy (non-hydrogen) atoms. The molecular weight excluding hydrogens is 591 g/mol. The van der Waals surface area contributed by atoms with Gasteiger partial charge in [0.25, 0.3) is 0 Å². The Kier molecular flexibility index (Phi) is 8.39.